The first-order valence-electron chi connectivity index (χ1n) is 4.85. The van der Waals surface area contributed by atoms with Crippen LogP contribution in [0.4, 0.5) is 0 Å². The third kappa shape index (κ3) is 4.03. The van der Waals surface area contributed by atoms with Gasteiger partial charge in [-0.15, -0.1) is 11.3 Å². The molecule has 1 unspecified atom stereocenters. The number of hydrogen-bond donors (Lipinski definition) is 3. The Morgan fingerprint density at radius 2 is 2.28 bits per heavy atom. The molecule has 18 heavy (non-hydrogen) atoms. The van der Waals surface area contributed by atoms with E-state index in [4.69, 9.17) is 5.11 Å². The summed E-state index contributed by atoms with van der Waals surface area (Å²) in [7, 11) is -2.42. The molecule has 0 radical (unpaired) electrons. The Kier molecular flexibility index (Phi) is 5.23. The highest BCUT2D eigenvalue weighted by Crippen LogP contribution is 2.18. The molecule has 9 heteroatoms. The summed E-state index contributed by atoms with van der Waals surface area (Å²) in [6.07, 6.45) is -0.956. The second-order valence-electron chi connectivity index (χ2n) is 3.41. The lowest BCUT2D eigenvalue weighted by Crippen LogP contribution is -2.34. The molecule has 0 bridgehead atoms. The van der Waals surface area contributed by atoms with Crippen LogP contribution in [0.15, 0.2) is 16.3 Å². The van der Waals surface area contributed by atoms with Crippen LogP contribution in [-0.4, -0.2) is 51.0 Å². The quantitative estimate of drug-likeness (QED) is 0.638. The molecule has 0 aliphatic rings. The van der Waals surface area contributed by atoms with Gasteiger partial charge in [0.1, 0.15) is 4.88 Å². The van der Waals surface area contributed by atoms with Crippen molar-refractivity contribution in [3.05, 3.63) is 16.3 Å². The van der Waals surface area contributed by atoms with Crippen LogP contribution in [-0.2, 0) is 14.8 Å². The highest BCUT2D eigenvalue weighted by Gasteiger charge is 2.19. The van der Waals surface area contributed by atoms with E-state index in [0.29, 0.717) is 0 Å². The Bertz CT molecular complexity index is 509. The third-order valence-electron chi connectivity index (χ3n) is 1.96. The summed E-state index contributed by atoms with van der Waals surface area (Å²) in [6, 6.07) is 1.07. The zero-order valence-electron chi connectivity index (χ0n) is 9.49. The van der Waals surface area contributed by atoms with Crippen LogP contribution in [0, 0.1) is 0 Å². The van der Waals surface area contributed by atoms with Crippen molar-refractivity contribution in [1.29, 1.82) is 0 Å². The predicted molar refractivity (Wildman–Crippen MR) is 64.3 cm³/mol. The van der Waals surface area contributed by atoms with Crippen LogP contribution in [0.5, 0.6) is 0 Å². The number of carboxylic acids is 1. The Hall–Kier alpha value is -1.00. The fourth-order valence-electron chi connectivity index (χ4n) is 1.11. The van der Waals surface area contributed by atoms with Gasteiger partial charge in [0.25, 0.3) is 0 Å². The fraction of sp³-hybridized carbons (Fsp3) is 0.444. The number of aromatic carboxylic acids is 1. The van der Waals surface area contributed by atoms with Crippen molar-refractivity contribution in [2.45, 2.75) is 11.0 Å². The minimum atomic E-state index is -3.80. The van der Waals surface area contributed by atoms with E-state index in [-0.39, 0.29) is 22.9 Å². The van der Waals surface area contributed by atoms with E-state index >= 15 is 0 Å². The number of ether oxygens (including phenoxy) is 1. The lowest BCUT2D eigenvalue weighted by Gasteiger charge is -2.10. The predicted octanol–water partition coefficient (Wildman–Crippen LogP) is -0.268. The number of carbonyl (C=O) groups is 1. The maximum atomic E-state index is 11.7. The van der Waals surface area contributed by atoms with Crippen LogP contribution < -0.4 is 4.72 Å². The average molecular weight is 295 g/mol. The molecule has 3 N–H and O–H groups in total. The Balaban J connectivity index is 2.71. The SMILES string of the molecule is COCC(O)CNS(=O)(=O)c1csc(C(=O)O)c1. The highest BCUT2D eigenvalue weighted by atomic mass is 32.2. The molecule has 1 aromatic rings. The Labute approximate surface area is 108 Å². The highest BCUT2D eigenvalue weighted by molar-refractivity contribution is 7.89. The molecule has 0 amide bonds. The first kappa shape index (κ1) is 15.1. The van der Waals surface area contributed by atoms with Crippen molar-refractivity contribution in [3.63, 3.8) is 0 Å². The van der Waals surface area contributed by atoms with E-state index in [1.165, 1.54) is 12.5 Å². The Morgan fingerprint density at radius 1 is 1.61 bits per heavy atom. The van der Waals surface area contributed by atoms with Gasteiger partial charge in [-0.3, -0.25) is 0 Å². The van der Waals surface area contributed by atoms with Gasteiger partial charge in [-0.05, 0) is 6.07 Å². The second kappa shape index (κ2) is 6.25. The summed E-state index contributed by atoms with van der Waals surface area (Å²) in [5.74, 6) is -1.18. The lowest BCUT2D eigenvalue weighted by molar-refractivity contribution is 0.0679. The number of sulfonamides is 1. The molecule has 0 aromatic carbocycles. The summed E-state index contributed by atoms with van der Waals surface area (Å²) < 4.78 is 30.3. The van der Waals surface area contributed by atoms with E-state index < -0.39 is 22.1 Å². The summed E-state index contributed by atoms with van der Waals surface area (Å²) in [6.45, 7) is -0.193. The van der Waals surface area contributed by atoms with Gasteiger partial charge >= 0.3 is 5.97 Å². The topological polar surface area (TPSA) is 113 Å². The van der Waals surface area contributed by atoms with Crippen LogP contribution in [0.3, 0.4) is 0 Å². The van der Waals surface area contributed by atoms with Crippen LogP contribution in [0.2, 0.25) is 0 Å². The largest absolute Gasteiger partial charge is 0.477 e. The van der Waals surface area contributed by atoms with E-state index in [2.05, 4.69) is 9.46 Å². The molecule has 0 saturated carbocycles. The number of aliphatic hydroxyl groups is 1. The van der Waals surface area contributed by atoms with Crippen molar-refractivity contribution in [3.8, 4) is 0 Å². The molecular weight excluding hydrogens is 282 g/mol. The number of rotatable bonds is 7. The Morgan fingerprint density at radius 3 is 2.78 bits per heavy atom. The molecule has 0 aliphatic carbocycles. The van der Waals surface area contributed by atoms with Gasteiger partial charge < -0.3 is 14.9 Å². The molecule has 1 heterocycles. The van der Waals surface area contributed by atoms with Crippen molar-refractivity contribution >= 4 is 27.3 Å². The minimum absolute atomic E-state index is 0.00648. The average Bonchev–Trinajstić information content (AvgIpc) is 2.77. The van der Waals surface area contributed by atoms with Crippen LogP contribution >= 0.6 is 11.3 Å². The van der Waals surface area contributed by atoms with E-state index in [1.54, 1.807) is 0 Å². The van der Waals surface area contributed by atoms with Crippen molar-refractivity contribution in [2.75, 3.05) is 20.3 Å². The van der Waals surface area contributed by atoms with Gasteiger partial charge in [0.15, 0.2) is 0 Å². The van der Waals surface area contributed by atoms with Crippen molar-refractivity contribution in [2.24, 2.45) is 0 Å². The molecule has 102 valence electrons. The second-order valence-corrected chi connectivity index (χ2v) is 6.09. The fourth-order valence-corrected chi connectivity index (χ4v) is 3.30. The zero-order chi connectivity index (χ0) is 13.8. The maximum Gasteiger partial charge on any atom is 0.345 e. The van der Waals surface area contributed by atoms with Gasteiger partial charge in [-0.2, -0.15) is 0 Å². The van der Waals surface area contributed by atoms with Gasteiger partial charge in [0, 0.05) is 19.0 Å². The molecule has 0 spiro atoms. The lowest BCUT2D eigenvalue weighted by atomic mass is 10.4. The van der Waals surface area contributed by atoms with Crippen molar-refractivity contribution < 1.29 is 28.2 Å². The van der Waals surface area contributed by atoms with Crippen LogP contribution in [0.25, 0.3) is 0 Å². The van der Waals surface area contributed by atoms with Gasteiger partial charge in [-0.1, -0.05) is 0 Å². The molecule has 1 atom stereocenters. The van der Waals surface area contributed by atoms with Crippen LogP contribution in [0.1, 0.15) is 9.67 Å². The first-order chi connectivity index (χ1) is 8.36. The smallest absolute Gasteiger partial charge is 0.345 e. The van der Waals surface area contributed by atoms with Gasteiger partial charge in [0.05, 0.1) is 17.6 Å². The molecular formula is C9H13NO6S2. The number of hydrogen-bond acceptors (Lipinski definition) is 6. The first-order valence-corrected chi connectivity index (χ1v) is 7.21. The van der Waals surface area contributed by atoms with E-state index in [0.717, 1.165) is 17.4 Å². The van der Waals surface area contributed by atoms with E-state index in [9.17, 15) is 18.3 Å². The van der Waals surface area contributed by atoms with Gasteiger partial charge in [0.2, 0.25) is 10.0 Å². The zero-order valence-corrected chi connectivity index (χ0v) is 11.1. The number of nitrogens with one attached hydrogen (secondary N) is 1. The number of thiophene rings is 1. The summed E-state index contributed by atoms with van der Waals surface area (Å²) >= 11 is 0.823. The molecule has 0 aliphatic heterocycles. The number of aliphatic hydroxyl groups excluding tert-OH is 1. The third-order valence-corrected chi connectivity index (χ3v) is 4.43. The molecule has 1 rings (SSSR count). The van der Waals surface area contributed by atoms with Gasteiger partial charge in [-0.25, -0.2) is 17.9 Å². The van der Waals surface area contributed by atoms with Crippen molar-refractivity contribution in [1.82, 2.24) is 4.72 Å². The summed E-state index contributed by atoms with van der Waals surface area (Å²) in [5.41, 5.74) is 0. The normalized spacial score (nSPS) is 13.4. The van der Waals surface area contributed by atoms with E-state index in [1.807, 2.05) is 0 Å². The summed E-state index contributed by atoms with van der Waals surface area (Å²) in [4.78, 5) is 10.4. The molecule has 0 fully saturated rings. The number of methoxy groups -OCH3 is 1. The standard InChI is InChI=1S/C9H13NO6S2/c1-16-4-6(11)3-10-18(14,15)7-2-8(9(12)13)17-5-7/h2,5-6,10-11H,3-4H2,1H3,(H,12,13). The molecule has 7 nitrogen and oxygen atoms in total. The number of carboxylic acid groups (broad SMARTS) is 1. The monoisotopic (exact) mass is 295 g/mol. The maximum absolute atomic E-state index is 11.7. The summed E-state index contributed by atoms with van der Waals surface area (Å²) in [5, 5.41) is 19.2. The molecule has 0 saturated heterocycles. The minimum Gasteiger partial charge on any atom is -0.477 e. The molecule has 1 aromatic heterocycles.